The fourth-order valence-electron chi connectivity index (χ4n) is 2.01. The van der Waals surface area contributed by atoms with Crippen molar-refractivity contribution in [3.8, 4) is 0 Å². The van der Waals surface area contributed by atoms with Crippen LogP contribution >= 0.6 is 0 Å². The van der Waals surface area contributed by atoms with Crippen LogP contribution in [-0.2, 0) is 11.3 Å². The molecule has 0 unspecified atom stereocenters. The number of piperazine rings is 1. The fraction of sp³-hybridized carbons (Fsp3) is 0.417. The Kier molecular flexibility index (Phi) is 3.75. The largest absolute Gasteiger partial charge is 0.336 e. The molecule has 1 aromatic rings. The smallest absolute Gasteiger partial charge is 0.304 e. The summed E-state index contributed by atoms with van der Waals surface area (Å²) >= 11 is 0. The molecule has 2 rings (SSSR count). The van der Waals surface area contributed by atoms with Crippen molar-refractivity contribution in [3.05, 3.63) is 39.7 Å². The van der Waals surface area contributed by atoms with Crippen LogP contribution < -0.4 is 0 Å². The average Bonchev–Trinajstić information content (AvgIpc) is 2.32. The van der Waals surface area contributed by atoms with Gasteiger partial charge in [0.15, 0.2) is 0 Å². The lowest BCUT2D eigenvalue weighted by molar-refractivity contribution is -0.387. The number of benzene rings is 1. The SMILES string of the molecule is CN1CCN(Cc2ccc([N+](=O)[O-])c(F)c2)C(=O)C1. The molecule has 0 bridgehead atoms. The van der Waals surface area contributed by atoms with E-state index in [2.05, 4.69) is 0 Å². The Morgan fingerprint density at radius 3 is 2.74 bits per heavy atom. The maximum atomic E-state index is 13.5. The van der Waals surface area contributed by atoms with Crippen LogP contribution in [0.3, 0.4) is 0 Å². The number of carbonyl (C=O) groups excluding carboxylic acids is 1. The van der Waals surface area contributed by atoms with Crippen LogP contribution in [0.25, 0.3) is 0 Å². The summed E-state index contributed by atoms with van der Waals surface area (Å²) in [6, 6.07) is 3.72. The van der Waals surface area contributed by atoms with E-state index in [0.29, 0.717) is 18.7 Å². The third kappa shape index (κ3) is 3.05. The van der Waals surface area contributed by atoms with E-state index in [-0.39, 0.29) is 12.5 Å². The van der Waals surface area contributed by atoms with Gasteiger partial charge < -0.3 is 4.90 Å². The van der Waals surface area contributed by atoms with Gasteiger partial charge in [0.25, 0.3) is 0 Å². The first-order valence-electron chi connectivity index (χ1n) is 5.86. The number of amides is 1. The van der Waals surface area contributed by atoms with E-state index in [1.165, 1.54) is 6.07 Å². The molecule has 0 N–H and O–H groups in total. The van der Waals surface area contributed by atoms with Crippen LogP contribution in [-0.4, -0.2) is 47.3 Å². The minimum Gasteiger partial charge on any atom is -0.336 e. The summed E-state index contributed by atoms with van der Waals surface area (Å²) in [7, 11) is 1.86. The maximum Gasteiger partial charge on any atom is 0.304 e. The first-order valence-corrected chi connectivity index (χ1v) is 5.86. The summed E-state index contributed by atoms with van der Waals surface area (Å²) in [5, 5.41) is 10.5. The van der Waals surface area contributed by atoms with Gasteiger partial charge in [0.05, 0.1) is 11.5 Å². The molecule has 1 amide bonds. The average molecular weight is 267 g/mol. The molecule has 0 atom stereocenters. The summed E-state index contributed by atoms with van der Waals surface area (Å²) in [5.74, 6) is -0.892. The molecular formula is C12H14FN3O3. The number of nitro groups is 1. The van der Waals surface area contributed by atoms with Gasteiger partial charge in [-0.3, -0.25) is 19.8 Å². The van der Waals surface area contributed by atoms with Crippen molar-refractivity contribution in [2.75, 3.05) is 26.7 Å². The van der Waals surface area contributed by atoms with Crippen LogP contribution in [0, 0.1) is 15.9 Å². The van der Waals surface area contributed by atoms with Crippen molar-refractivity contribution in [1.29, 1.82) is 0 Å². The number of hydrogen-bond acceptors (Lipinski definition) is 4. The molecule has 1 aliphatic heterocycles. The molecule has 1 saturated heterocycles. The number of rotatable bonds is 3. The van der Waals surface area contributed by atoms with Gasteiger partial charge in [0.2, 0.25) is 11.7 Å². The van der Waals surface area contributed by atoms with E-state index in [0.717, 1.165) is 18.7 Å². The Hall–Kier alpha value is -2.02. The van der Waals surface area contributed by atoms with Crippen LogP contribution in [0.2, 0.25) is 0 Å². The number of likely N-dealkylation sites (N-methyl/N-ethyl adjacent to an activating group) is 1. The molecule has 102 valence electrons. The normalized spacial score (nSPS) is 16.7. The molecule has 1 aromatic carbocycles. The predicted octanol–water partition coefficient (Wildman–Crippen LogP) is 1.01. The first-order chi connectivity index (χ1) is 8.97. The third-order valence-corrected chi connectivity index (χ3v) is 3.09. The van der Waals surface area contributed by atoms with Crippen molar-refractivity contribution < 1.29 is 14.1 Å². The molecule has 0 aromatic heterocycles. The Bertz CT molecular complexity index is 521. The second-order valence-electron chi connectivity index (χ2n) is 4.60. The van der Waals surface area contributed by atoms with E-state index in [4.69, 9.17) is 0 Å². The first kappa shape index (κ1) is 13.4. The highest BCUT2D eigenvalue weighted by Gasteiger charge is 2.22. The van der Waals surface area contributed by atoms with Gasteiger partial charge in [0.1, 0.15) is 0 Å². The van der Waals surface area contributed by atoms with E-state index in [1.807, 2.05) is 11.9 Å². The van der Waals surface area contributed by atoms with Crippen molar-refractivity contribution in [1.82, 2.24) is 9.80 Å². The molecule has 1 fully saturated rings. The van der Waals surface area contributed by atoms with Crippen molar-refractivity contribution >= 4 is 11.6 Å². The van der Waals surface area contributed by atoms with E-state index >= 15 is 0 Å². The van der Waals surface area contributed by atoms with Gasteiger partial charge in [-0.1, -0.05) is 6.07 Å². The highest BCUT2D eigenvalue weighted by molar-refractivity contribution is 5.79. The molecule has 0 saturated carbocycles. The van der Waals surface area contributed by atoms with Gasteiger partial charge in [-0.2, -0.15) is 4.39 Å². The monoisotopic (exact) mass is 267 g/mol. The standard InChI is InChI=1S/C12H14FN3O3/c1-14-4-5-15(12(17)8-14)7-9-2-3-11(16(18)19)10(13)6-9/h2-3,6H,4-5,7-8H2,1H3. The van der Waals surface area contributed by atoms with Gasteiger partial charge in [-0.25, -0.2) is 0 Å². The van der Waals surface area contributed by atoms with Gasteiger partial charge in [-0.05, 0) is 18.7 Å². The third-order valence-electron chi connectivity index (χ3n) is 3.09. The molecular weight excluding hydrogens is 253 g/mol. The number of carbonyl (C=O) groups is 1. The van der Waals surface area contributed by atoms with E-state index in [1.54, 1.807) is 4.90 Å². The minimum absolute atomic E-state index is 0.0208. The molecule has 0 aliphatic carbocycles. The molecule has 1 aliphatic rings. The zero-order valence-corrected chi connectivity index (χ0v) is 10.5. The van der Waals surface area contributed by atoms with E-state index in [9.17, 15) is 19.3 Å². The van der Waals surface area contributed by atoms with Gasteiger partial charge >= 0.3 is 5.69 Å². The highest BCUT2D eigenvalue weighted by Crippen LogP contribution is 2.19. The lowest BCUT2D eigenvalue weighted by atomic mass is 10.1. The lowest BCUT2D eigenvalue weighted by Crippen LogP contribution is -2.48. The summed E-state index contributed by atoms with van der Waals surface area (Å²) in [5.41, 5.74) is 0.00876. The van der Waals surface area contributed by atoms with Crippen molar-refractivity contribution in [3.63, 3.8) is 0 Å². The summed E-state index contributed by atoms with van der Waals surface area (Å²) in [4.78, 5) is 25.0. The zero-order chi connectivity index (χ0) is 14.0. The summed E-state index contributed by atoms with van der Waals surface area (Å²) in [6.07, 6.45) is 0. The van der Waals surface area contributed by atoms with Crippen molar-refractivity contribution in [2.45, 2.75) is 6.54 Å². The Labute approximate surface area is 109 Å². The summed E-state index contributed by atoms with van der Waals surface area (Å²) in [6.45, 7) is 1.96. The molecule has 0 spiro atoms. The van der Waals surface area contributed by atoms with E-state index < -0.39 is 16.4 Å². The van der Waals surface area contributed by atoms with Crippen LogP contribution in [0.5, 0.6) is 0 Å². The lowest BCUT2D eigenvalue weighted by Gasteiger charge is -2.32. The maximum absolute atomic E-state index is 13.5. The van der Waals surface area contributed by atoms with Gasteiger partial charge in [-0.15, -0.1) is 0 Å². The van der Waals surface area contributed by atoms with Crippen molar-refractivity contribution in [2.24, 2.45) is 0 Å². The quantitative estimate of drug-likeness (QED) is 0.605. The Morgan fingerprint density at radius 2 is 2.16 bits per heavy atom. The van der Waals surface area contributed by atoms with Crippen LogP contribution in [0.4, 0.5) is 10.1 Å². The summed E-state index contributed by atoms with van der Waals surface area (Å²) < 4.78 is 13.5. The second kappa shape index (κ2) is 5.31. The number of halogens is 1. The molecule has 7 heteroatoms. The zero-order valence-electron chi connectivity index (χ0n) is 10.5. The molecule has 0 radical (unpaired) electrons. The van der Waals surface area contributed by atoms with Crippen LogP contribution in [0.15, 0.2) is 18.2 Å². The number of hydrogen-bond donors (Lipinski definition) is 0. The Balaban J connectivity index is 2.09. The van der Waals surface area contributed by atoms with Gasteiger partial charge in [0, 0.05) is 25.7 Å². The van der Waals surface area contributed by atoms with Crippen LogP contribution in [0.1, 0.15) is 5.56 Å². The topological polar surface area (TPSA) is 66.7 Å². The predicted molar refractivity (Wildman–Crippen MR) is 66.0 cm³/mol. The number of nitrogens with zero attached hydrogens (tertiary/aromatic N) is 3. The molecule has 6 nitrogen and oxygen atoms in total. The molecule has 19 heavy (non-hydrogen) atoms. The minimum atomic E-state index is -0.871. The Morgan fingerprint density at radius 1 is 1.42 bits per heavy atom. The highest BCUT2D eigenvalue weighted by atomic mass is 19.1. The second-order valence-corrected chi connectivity index (χ2v) is 4.60. The fourth-order valence-corrected chi connectivity index (χ4v) is 2.01. The molecule has 1 heterocycles. The number of nitro benzene ring substituents is 1.